The minimum absolute atomic E-state index is 0.0586. The van der Waals surface area contributed by atoms with Crippen molar-refractivity contribution in [2.75, 3.05) is 6.61 Å². The fraction of sp³-hybridized carbons (Fsp3) is 0.588. The minimum atomic E-state index is -0.0586. The molecule has 1 amide bonds. The van der Waals surface area contributed by atoms with Gasteiger partial charge in [-0.3, -0.25) is 4.79 Å². The normalized spacial score (nSPS) is 21.7. The Kier molecular flexibility index (Phi) is 5.76. The van der Waals surface area contributed by atoms with Gasteiger partial charge in [-0.2, -0.15) is 0 Å². The van der Waals surface area contributed by atoms with E-state index in [1.807, 2.05) is 38.1 Å². The van der Waals surface area contributed by atoms with Gasteiger partial charge in [-0.05, 0) is 44.4 Å². The molecule has 0 spiro atoms. The van der Waals surface area contributed by atoms with Gasteiger partial charge in [-0.1, -0.05) is 18.6 Å². The lowest BCUT2D eigenvalue weighted by molar-refractivity contribution is 0.0656. The van der Waals surface area contributed by atoms with Gasteiger partial charge in [0.15, 0.2) is 0 Å². The zero-order valence-electron chi connectivity index (χ0n) is 12.8. The number of aliphatic hydroxyl groups is 1. The maximum atomic E-state index is 12.2. The second kappa shape index (κ2) is 7.57. The third-order valence-electron chi connectivity index (χ3n) is 4.01. The molecular formula is C17H25NO3. The van der Waals surface area contributed by atoms with Crippen LogP contribution in [0, 0.1) is 5.92 Å². The zero-order valence-corrected chi connectivity index (χ0v) is 12.8. The number of nitrogens with one attached hydrogen (secondary N) is 1. The van der Waals surface area contributed by atoms with Gasteiger partial charge in [0.05, 0.1) is 12.7 Å². The van der Waals surface area contributed by atoms with E-state index in [1.54, 1.807) is 0 Å². The van der Waals surface area contributed by atoms with Crippen LogP contribution in [0.3, 0.4) is 0 Å². The molecule has 2 unspecified atom stereocenters. The number of hydrogen-bond donors (Lipinski definition) is 2. The highest BCUT2D eigenvalue weighted by molar-refractivity contribution is 5.94. The van der Waals surface area contributed by atoms with Crippen LogP contribution in [0.1, 0.15) is 49.0 Å². The Morgan fingerprint density at radius 3 is 2.67 bits per heavy atom. The van der Waals surface area contributed by atoms with E-state index in [1.165, 1.54) is 0 Å². The van der Waals surface area contributed by atoms with Crippen LogP contribution in [-0.2, 0) is 11.3 Å². The SMILES string of the molecule is CC(C)OCc1ccc(C(=O)NC2CCCC2CO)cc1. The van der Waals surface area contributed by atoms with E-state index < -0.39 is 0 Å². The summed E-state index contributed by atoms with van der Waals surface area (Å²) in [6.07, 6.45) is 3.22. The predicted molar refractivity (Wildman–Crippen MR) is 82.0 cm³/mol. The van der Waals surface area contributed by atoms with E-state index in [4.69, 9.17) is 4.74 Å². The fourth-order valence-corrected chi connectivity index (χ4v) is 2.71. The van der Waals surface area contributed by atoms with Crippen molar-refractivity contribution in [3.8, 4) is 0 Å². The zero-order chi connectivity index (χ0) is 15.2. The lowest BCUT2D eigenvalue weighted by Crippen LogP contribution is -2.38. The molecule has 0 heterocycles. The van der Waals surface area contributed by atoms with Crippen LogP contribution in [0.15, 0.2) is 24.3 Å². The number of carbonyl (C=O) groups excluding carboxylic acids is 1. The number of amides is 1. The topological polar surface area (TPSA) is 58.6 Å². The van der Waals surface area contributed by atoms with E-state index in [9.17, 15) is 9.90 Å². The highest BCUT2D eigenvalue weighted by atomic mass is 16.5. The van der Waals surface area contributed by atoms with Crippen molar-refractivity contribution in [1.82, 2.24) is 5.32 Å². The van der Waals surface area contributed by atoms with Crippen LogP contribution in [-0.4, -0.2) is 29.8 Å². The molecule has 0 saturated heterocycles. The molecule has 1 aliphatic carbocycles. The molecule has 2 N–H and O–H groups in total. The molecule has 1 aromatic rings. The summed E-state index contributed by atoms with van der Waals surface area (Å²) in [7, 11) is 0. The first-order valence-electron chi connectivity index (χ1n) is 7.72. The number of carbonyl (C=O) groups is 1. The van der Waals surface area contributed by atoms with Gasteiger partial charge in [0, 0.05) is 24.1 Å². The first-order valence-corrected chi connectivity index (χ1v) is 7.72. The first-order chi connectivity index (χ1) is 10.1. The molecule has 2 rings (SSSR count). The summed E-state index contributed by atoms with van der Waals surface area (Å²) in [6, 6.07) is 7.62. The smallest absolute Gasteiger partial charge is 0.251 e. The number of rotatable bonds is 6. The summed E-state index contributed by atoms with van der Waals surface area (Å²) in [6.45, 7) is 4.72. The van der Waals surface area contributed by atoms with Crippen molar-refractivity contribution in [2.45, 2.75) is 51.9 Å². The Hall–Kier alpha value is -1.39. The van der Waals surface area contributed by atoms with E-state index in [2.05, 4.69) is 5.32 Å². The van der Waals surface area contributed by atoms with Crippen LogP contribution in [0.5, 0.6) is 0 Å². The van der Waals surface area contributed by atoms with Gasteiger partial charge < -0.3 is 15.2 Å². The minimum Gasteiger partial charge on any atom is -0.396 e. The van der Waals surface area contributed by atoms with Gasteiger partial charge >= 0.3 is 0 Å². The Morgan fingerprint density at radius 2 is 2.05 bits per heavy atom. The molecule has 21 heavy (non-hydrogen) atoms. The van der Waals surface area contributed by atoms with Crippen LogP contribution >= 0.6 is 0 Å². The molecule has 116 valence electrons. The molecular weight excluding hydrogens is 266 g/mol. The van der Waals surface area contributed by atoms with Gasteiger partial charge in [0.25, 0.3) is 5.91 Å². The van der Waals surface area contributed by atoms with Crippen molar-refractivity contribution >= 4 is 5.91 Å². The van der Waals surface area contributed by atoms with Crippen molar-refractivity contribution < 1.29 is 14.6 Å². The summed E-state index contributed by atoms with van der Waals surface area (Å²) < 4.78 is 5.54. The maximum absolute atomic E-state index is 12.2. The summed E-state index contributed by atoms with van der Waals surface area (Å²) in [5.41, 5.74) is 1.72. The molecule has 4 heteroatoms. The largest absolute Gasteiger partial charge is 0.396 e. The highest BCUT2D eigenvalue weighted by Gasteiger charge is 2.27. The molecule has 0 bridgehead atoms. The number of aliphatic hydroxyl groups excluding tert-OH is 1. The summed E-state index contributed by atoms with van der Waals surface area (Å²) in [5.74, 6) is 0.143. The molecule has 0 aliphatic heterocycles. The summed E-state index contributed by atoms with van der Waals surface area (Å²) in [5, 5.41) is 12.3. The Labute approximate surface area is 126 Å². The molecule has 1 fully saturated rings. The molecule has 0 aromatic heterocycles. The molecule has 1 saturated carbocycles. The number of hydrogen-bond acceptors (Lipinski definition) is 3. The summed E-state index contributed by atoms with van der Waals surface area (Å²) >= 11 is 0. The van der Waals surface area contributed by atoms with E-state index in [0.717, 1.165) is 24.8 Å². The van der Waals surface area contributed by atoms with Crippen LogP contribution in [0.25, 0.3) is 0 Å². The second-order valence-electron chi connectivity index (χ2n) is 6.01. The average Bonchev–Trinajstić information content (AvgIpc) is 2.92. The van der Waals surface area contributed by atoms with Gasteiger partial charge in [-0.15, -0.1) is 0 Å². The van der Waals surface area contributed by atoms with E-state index in [0.29, 0.717) is 12.2 Å². The summed E-state index contributed by atoms with van der Waals surface area (Å²) in [4.78, 5) is 12.2. The third kappa shape index (κ3) is 4.55. The lowest BCUT2D eigenvalue weighted by atomic mass is 10.0. The predicted octanol–water partition coefficient (Wildman–Crippen LogP) is 2.50. The Balaban J connectivity index is 1.90. The van der Waals surface area contributed by atoms with Crippen molar-refractivity contribution in [3.05, 3.63) is 35.4 Å². The quantitative estimate of drug-likeness (QED) is 0.846. The van der Waals surface area contributed by atoms with Crippen molar-refractivity contribution in [3.63, 3.8) is 0 Å². The van der Waals surface area contributed by atoms with Gasteiger partial charge in [0.2, 0.25) is 0 Å². The van der Waals surface area contributed by atoms with Crippen molar-refractivity contribution in [2.24, 2.45) is 5.92 Å². The molecule has 0 radical (unpaired) electrons. The molecule has 1 aromatic carbocycles. The van der Waals surface area contributed by atoms with E-state index >= 15 is 0 Å². The third-order valence-corrected chi connectivity index (χ3v) is 4.01. The fourth-order valence-electron chi connectivity index (χ4n) is 2.71. The van der Waals surface area contributed by atoms with Gasteiger partial charge in [0.1, 0.15) is 0 Å². The number of benzene rings is 1. The monoisotopic (exact) mass is 291 g/mol. The van der Waals surface area contributed by atoms with Crippen LogP contribution in [0.2, 0.25) is 0 Å². The molecule has 1 aliphatic rings. The molecule has 2 atom stereocenters. The first kappa shape index (κ1) is 16.0. The molecule has 4 nitrogen and oxygen atoms in total. The second-order valence-corrected chi connectivity index (χ2v) is 6.01. The maximum Gasteiger partial charge on any atom is 0.251 e. The lowest BCUT2D eigenvalue weighted by Gasteiger charge is -2.19. The standard InChI is InChI=1S/C17H25NO3/c1-12(2)21-11-13-6-8-14(9-7-13)17(20)18-16-5-3-4-15(16)10-19/h6-9,12,15-16,19H,3-5,10-11H2,1-2H3,(H,18,20). The van der Waals surface area contributed by atoms with Crippen LogP contribution < -0.4 is 5.32 Å². The Morgan fingerprint density at radius 1 is 1.33 bits per heavy atom. The average molecular weight is 291 g/mol. The van der Waals surface area contributed by atoms with E-state index in [-0.39, 0.29) is 30.6 Å². The van der Waals surface area contributed by atoms with Crippen LogP contribution in [0.4, 0.5) is 0 Å². The number of ether oxygens (including phenoxy) is 1. The van der Waals surface area contributed by atoms with Crippen molar-refractivity contribution in [1.29, 1.82) is 0 Å². The van der Waals surface area contributed by atoms with Gasteiger partial charge in [-0.25, -0.2) is 0 Å². The highest BCUT2D eigenvalue weighted by Crippen LogP contribution is 2.25. The Bertz CT molecular complexity index is 456.